The molecule has 34 heavy (non-hydrogen) atoms. The van der Waals surface area contributed by atoms with Gasteiger partial charge in [0.15, 0.2) is 0 Å². The molecule has 3 aromatic rings. The van der Waals surface area contributed by atoms with Crippen LogP contribution in [0.4, 0.5) is 4.39 Å². The highest BCUT2D eigenvalue weighted by atomic mass is 19.1. The summed E-state index contributed by atoms with van der Waals surface area (Å²) in [6, 6.07) is 16.2. The zero-order valence-electron chi connectivity index (χ0n) is 19.4. The molecule has 6 nitrogen and oxygen atoms in total. The number of carbonyl (C=O) groups excluding carboxylic acids is 2. The fraction of sp³-hybridized carbons (Fsp3) is 0.370. The Morgan fingerprint density at radius 2 is 1.91 bits per heavy atom. The van der Waals surface area contributed by atoms with E-state index in [0.29, 0.717) is 44.5 Å². The molecule has 0 unspecified atom stereocenters. The number of nitrogens with zero attached hydrogens (tertiary/aromatic N) is 4. The summed E-state index contributed by atoms with van der Waals surface area (Å²) >= 11 is 0. The normalized spacial score (nSPS) is 19.7. The lowest BCUT2D eigenvalue weighted by Gasteiger charge is -2.38. The Morgan fingerprint density at radius 3 is 2.65 bits per heavy atom. The van der Waals surface area contributed by atoms with E-state index in [4.69, 9.17) is 0 Å². The highest BCUT2D eigenvalue weighted by Crippen LogP contribution is 2.45. The molecule has 1 spiro atoms. The lowest BCUT2D eigenvalue weighted by atomic mass is 9.75. The number of carbonyl (C=O) groups is 2. The van der Waals surface area contributed by atoms with Gasteiger partial charge in [-0.25, -0.2) is 4.39 Å². The van der Waals surface area contributed by atoms with Crippen molar-refractivity contribution in [3.63, 3.8) is 0 Å². The van der Waals surface area contributed by atoms with Crippen LogP contribution in [0.2, 0.25) is 0 Å². The van der Waals surface area contributed by atoms with Crippen LogP contribution in [0.5, 0.6) is 0 Å². The molecule has 0 bridgehead atoms. The van der Waals surface area contributed by atoms with Gasteiger partial charge in [-0.1, -0.05) is 30.3 Å². The molecule has 3 heterocycles. The van der Waals surface area contributed by atoms with Crippen LogP contribution in [0.3, 0.4) is 0 Å². The van der Waals surface area contributed by atoms with Gasteiger partial charge in [-0.3, -0.25) is 14.3 Å². The van der Waals surface area contributed by atoms with Crippen molar-refractivity contribution in [3.8, 4) is 0 Å². The Morgan fingerprint density at radius 1 is 1.12 bits per heavy atom. The van der Waals surface area contributed by atoms with Crippen molar-refractivity contribution in [3.05, 3.63) is 89.5 Å². The van der Waals surface area contributed by atoms with Crippen molar-refractivity contribution in [1.82, 2.24) is 19.6 Å². The maximum Gasteiger partial charge on any atom is 0.254 e. The lowest BCUT2D eigenvalue weighted by molar-refractivity contribution is -0.137. The molecule has 0 aliphatic carbocycles. The van der Waals surface area contributed by atoms with Gasteiger partial charge in [0, 0.05) is 44.1 Å². The summed E-state index contributed by atoms with van der Waals surface area (Å²) in [5, 5.41) is 4.26. The molecule has 2 amide bonds. The first kappa shape index (κ1) is 22.3. The van der Waals surface area contributed by atoms with E-state index >= 15 is 0 Å². The van der Waals surface area contributed by atoms with Crippen LogP contribution in [-0.2, 0) is 17.8 Å². The quantitative estimate of drug-likeness (QED) is 0.583. The first-order valence-electron chi connectivity index (χ1n) is 11.8. The second-order valence-electron chi connectivity index (χ2n) is 9.54. The van der Waals surface area contributed by atoms with Crippen LogP contribution < -0.4 is 0 Å². The number of hydrogen-bond donors (Lipinski definition) is 0. The molecule has 1 atom stereocenters. The minimum atomic E-state index is -0.432. The second-order valence-corrected chi connectivity index (χ2v) is 9.54. The summed E-state index contributed by atoms with van der Waals surface area (Å²) < 4.78 is 15.4. The molecule has 2 fully saturated rings. The fourth-order valence-electron chi connectivity index (χ4n) is 5.52. The molecule has 176 valence electrons. The van der Waals surface area contributed by atoms with Crippen LogP contribution in [0, 0.1) is 11.2 Å². The van der Waals surface area contributed by atoms with Gasteiger partial charge in [0.05, 0.1) is 12.0 Å². The Hall–Kier alpha value is -3.48. The molecule has 2 aliphatic heterocycles. The average Bonchev–Trinajstić information content (AvgIpc) is 3.43. The zero-order chi connectivity index (χ0) is 23.7. The molecule has 0 N–H and O–H groups in total. The number of piperidine rings is 1. The standard InChI is InChI=1S/C27H29FN4O2/c1-30-23(17-20-6-4-8-22(28)16-20)18-27(26(30)34)10-14-31(15-11-27)25(33)24-9-3-2-7-21(24)19-32-13-5-12-29-32/h2-9,12-13,16,23H,10-11,14-15,17-19H2,1H3/t23-/m1/s1. The Balaban J connectivity index is 1.26. The van der Waals surface area contributed by atoms with E-state index in [9.17, 15) is 14.0 Å². The summed E-state index contributed by atoms with van der Waals surface area (Å²) in [6.45, 7) is 1.65. The van der Waals surface area contributed by atoms with Crippen molar-refractivity contribution in [1.29, 1.82) is 0 Å². The SMILES string of the molecule is CN1C(=O)C2(CCN(C(=O)c3ccccc3Cn3cccn3)CC2)C[C@H]1Cc1cccc(F)c1. The number of aromatic nitrogens is 2. The number of amides is 2. The first-order valence-corrected chi connectivity index (χ1v) is 11.8. The van der Waals surface area contributed by atoms with Crippen LogP contribution in [0.1, 0.15) is 40.7 Å². The van der Waals surface area contributed by atoms with E-state index in [-0.39, 0.29) is 23.7 Å². The summed E-state index contributed by atoms with van der Waals surface area (Å²) in [5.74, 6) is -0.0911. The van der Waals surface area contributed by atoms with Gasteiger partial charge in [0.1, 0.15) is 5.82 Å². The number of likely N-dealkylation sites (N-methyl/N-ethyl adjacent to an activating group) is 1. The molecular formula is C27H29FN4O2. The van der Waals surface area contributed by atoms with Crippen molar-refractivity contribution in [2.75, 3.05) is 20.1 Å². The molecule has 1 aromatic heterocycles. The molecular weight excluding hydrogens is 431 g/mol. The predicted octanol–water partition coefficient (Wildman–Crippen LogP) is 3.77. The van der Waals surface area contributed by atoms with E-state index < -0.39 is 5.41 Å². The largest absolute Gasteiger partial charge is 0.342 e. The fourth-order valence-corrected chi connectivity index (χ4v) is 5.52. The summed E-state index contributed by atoms with van der Waals surface area (Å²) in [4.78, 5) is 30.4. The molecule has 5 rings (SSSR count). The van der Waals surface area contributed by atoms with E-state index in [1.54, 1.807) is 18.3 Å². The van der Waals surface area contributed by atoms with Crippen LogP contribution >= 0.6 is 0 Å². The Bertz CT molecular complexity index is 1180. The lowest BCUT2D eigenvalue weighted by Crippen LogP contribution is -2.46. The molecule has 2 saturated heterocycles. The van der Waals surface area contributed by atoms with Gasteiger partial charge < -0.3 is 9.80 Å². The van der Waals surface area contributed by atoms with Gasteiger partial charge in [-0.05, 0) is 61.1 Å². The molecule has 2 aromatic carbocycles. The van der Waals surface area contributed by atoms with Gasteiger partial charge in [0.2, 0.25) is 5.91 Å². The van der Waals surface area contributed by atoms with Crippen molar-refractivity contribution in [2.45, 2.75) is 38.3 Å². The van der Waals surface area contributed by atoms with Crippen LogP contribution in [-0.4, -0.2) is 57.6 Å². The molecule has 0 radical (unpaired) electrons. The molecule has 7 heteroatoms. The Labute approximate surface area is 199 Å². The third kappa shape index (κ3) is 4.22. The molecule has 2 aliphatic rings. The maximum atomic E-state index is 13.6. The molecule has 0 saturated carbocycles. The highest BCUT2D eigenvalue weighted by Gasteiger charge is 2.51. The van der Waals surface area contributed by atoms with Crippen molar-refractivity contribution < 1.29 is 14.0 Å². The summed E-state index contributed by atoms with van der Waals surface area (Å²) in [6.07, 6.45) is 6.31. The number of halogens is 1. The zero-order valence-corrected chi connectivity index (χ0v) is 19.4. The van der Waals surface area contributed by atoms with Gasteiger partial charge in [-0.2, -0.15) is 5.10 Å². The number of hydrogen-bond acceptors (Lipinski definition) is 3. The van der Waals surface area contributed by atoms with Gasteiger partial charge in [0.25, 0.3) is 5.91 Å². The second kappa shape index (κ2) is 9.05. The third-order valence-electron chi connectivity index (χ3n) is 7.46. The first-order chi connectivity index (χ1) is 16.4. The van der Waals surface area contributed by atoms with E-state index in [1.165, 1.54) is 6.07 Å². The summed E-state index contributed by atoms with van der Waals surface area (Å²) in [5.41, 5.74) is 2.09. The third-order valence-corrected chi connectivity index (χ3v) is 7.46. The Kier molecular flexibility index (Phi) is 5.94. The highest BCUT2D eigenvalue weighted by molar-refractivity contribution is 5.96. The predicted molar refractivity (Wildman–Crippen MR) is 127 cm³/mol. The topological polar surface area (TPSA) is 58.4 Å². The smallest absolute Gasteiger partial charge is 0.254 e. The average molecular weight is 461 g/mol. The van der Waals surface area contributed by atoms with E-state index in [1.807, 2.05) is 64.1 Å². The minimum Gasteiger partial charge on any atom is -0.342 e. The van der Waals surface area contributed by atoms with E-state index in [0.717, 1.165) is 17.5 Å². The number of rotatable bonds is 5. The summed E-state index contributed by atoms with van der Waals surface area (Å²) in [7, 11) is 1.85. The monoisotopic (exact) mass is 460 g/mol. The van der Waals surface area contributed by atoms with Crippen molar-refractivity contribution in [2.24, 2.45) is 5.41 Å². The van der Waals surface area contributed by atoms with Crippen LogP contribution in [0.15, 0.2) is 67.0 Å². The van der Waals surface area contributed by atoms with Crippen LogP contribution in [0.25, 0.3) is 0 Å². The van der Waals surface area contributed by atoms with Gasteiger partial charge in [-0.15, -0.1) is 0 Å². The van der Waals surface area contributed by atoms with Gasteiger partial charge >= 0.3 is 0 Å². The number of benzene rings is 2. The van der Waals surface area contributed by atoms with E-state index in [2.05, 4.69) is 5.10 Å². The number of likely N-dealkylation sites (tertiary alicyclic amines) is 2. The minimum absolute atomic E-state index is 0.00715. The maximum absolute atomic E-state index is 13.6. The van der Waals surface area contributed by atoms with Crippen molar-refractivity contribution >= 4 is 11.8 Å².